The van der Waals surface area contributed by atoms with Crippen LogP contribution in [0.5, 0.6) is 0 Å². The van der Waals surface area contributed by atoms with Crippen LogP contribution in [0.25, 0.3) is 11.3 Å². The van der Waals surface area contributed by atoms with Gasteiger partial charge in [-0.05, 0) is 25.0 Å². The Morgan fingerprint density at radius 3 is 2.88 bits per heavy atom. The number of nitrogens with zero attached hydrogens (tertiary/aromatic N) is 2. The molecule has 0 aliphatic heterocycles. The fourth-order valence-corrected chi connectivity index (χ4v) is 1.89. The highest BCUT2D eigenvalue weighted by Crippen LogP contribution is 2.27. The first-order valence-electron chi connectivity index (χ1n) is 5.79. The van der Waals surface area contributed by atoms with Crippen LogP contribution in [0.15, 0.2) is 30.3 Å². The highest BCUT2D eigenvalue weighted by molar-refractivity contribution is 5.63. The molecular weight excluding hydrogens is 217 g/mol. The van der Waals surface area contributed by atoms with Crippen LogP contribution >= 0.6 is 0 Å². The summed E-state index contributed by atoms with van der Waals surface area (Å²) in [5.74, 6) is 0.648. The van der Waals surface area contributed by atoms with Crippen molar-refractivity contribution in [3.8, 4) is 11.3 Å². The van der Waals surface area contributed by atoms with Gasteiger partial charge in [0, 0.05) is 24.7 Å². The molecule has 1 aliphatic carbocycles. The minimum absolute atomic E-state index is 0.222. The van der Waals surface area contributed by atoms with Gasteiger partial charge in [-0.2, -0.15) is 5.10 Å². The lowest BCUT2D eigenvalue weighted by Gasteiger charge is -2.00. The molecular formula is C13H14FN3. The number of halogens is 1. The summed E-state index contributed by atoms with van der Waals surface area (Å²) in [5, 5.41) is 7.72. The molecule has 0 radical (unpaired) electrons. The second-order valence-electron chi connectivity index (χ2n) is 4.47. The van der Waals surface area contributed by atoms with Crippen molar-refractivity contribution in [3.05, 3.63) is 36.1 Å². The molecule has 0 bridgehead atoms. The molecule has 4 heteroatoms. The van der Waals surface area contributed by atoms with E-state index in [-0.39, 0.29) is 5.82 Å². The third-order valence-corrected chi connectivity index (χ3v) is 2.93. The number of aromatic nitrogens is 2. The van der Waals surface area contributed by atoms with E-state index in [1.807, 2.05) is 19.2 Å². The van der Waals surface area contributed by atoms with Gasteiger partial charge in [0.1, 0.15) is 11.6 Å². The van der Waals surface area contributed by atoms with Crippen molar-refractivity contribution >= 4 is 5.82 Å². The first kappa shape index (κ1) is 10.3. The number of hydrogen-bond acceptors (Lipinski definition) is 2. The van der Waals surface area contributed by atoms with Crippen LogP contribution in [0.2, 0.25) is 0 Å². The zero-order valence-corrected chi connectivity index (χ0v) is 9.65. The summed E-state index contributed by atoms with van der Waals surface area (Å²) in [6.45, 7) is 0. The van der Waals surface area contributed by atoms with Crippen molar-refractivity contribution in [2.75, 3.05) is 5.32 Å². The lowest BCUT2D eigenvalue weighted by atomic mass is 10.1. The fraction of sp³-hybridized carbons (Fsp3) is 0.308. The maximum absolute atomic E-state index is 13.2. The number of benzene rings is 1. The molecule has 17 heavy (non-hydrogen) atoms. The molecule has 88 valence electrons. The summed E-state index contributed by atoms with van der Waals surface area (Å²) in [6, 6.07) is 9.12. The Morgan fingerprint density at radius 1 is 1.35 bits per heavy atom. The molecule has 1 N–H and O–H groups in total. The Balaban J connectivity index is 1.93. The second-order valence-corrected chi connectivity index (χ2v) is 4.47. The van der Waals surface area contributed by atoms with Crippen LogP contribution in [0.3, 0.4) is 0 Å². The van der Waals surface area contributed by atoms with Crippen LogP contribution < -0.4 is 5.32 Å². The number of hydrogen-bond donors (Lipinski definition) is 1. The largest absolute Gasteiger partial charge is 0.366 e. The van der Waals surface area contributed by atoms with E-state index in [0.717, 1.165) is 17.1 Å². The van der Waals surface area contributed by atoms with Crippen LogP contribution in [0.4, 0.5) is 10.2 Å². The molecule has 0 unspecified atom stereocenters. The summed E-state index contributed by atoms with van der Waals surface area (Å²) >= 11 is 0. The number of rotatable bonds is 3. The van der Waals surface area contributed by atoms with Crippen molar-refractivity contribution in [2.45, 2.75) is 18.9 Å². The molecule has 1 heterocycles. The Kier molecular flexibility index (Phi) is 2.35. The van der Waals surface area contributed by atoms with Crippen LogP contribution in [0.1, 0.15) is 12.8 Å². The van der Waals surface area contributed by atoms with Gasteiger partial charge in [-0.25, -0.2) is 4.39 Å². The molecule has 1 aromatic heterocycles. The summed E-state index contributed by atoms with van der Waals surface area (Å²) < 4.78 is 14.9. The smallest absolute Gasteiger partial charge is 0.148 e. The van der Waals surface area contributed by atoms with Gasteiger partial charge in [0.15, 0.2) is 0 Å². The molecule has 0 spiro atoms. The molecule has 0 amide bonds. The monoisotopic (exact) mass is 231 g/mol. The molecule has 2 aromatic rings. The number of nitrogens with one attached hydrogen (secondary N) is 1. The molecule has 0 saturated heterocycles. The highest BCUT2D eigenvalue weighted by atomic mass is 19.1. The quantitative estimate of drug-likeness (QED) is 0.880. The topological polar surface area (TPSA) is 29.9 Å². The summed E-state index contributed by atoms with van der Waals surface area (Å²) in [5.41, 5.74) is 1.77. The van der Waals surface area contributed by atoms with Crippen LogP contribution in [0, 0.1) is 5.82 Å². The van der Waals surface area contributed by atoms with E-state index >= 15 is 0 Å². The Bertz CT molecular complexity index is 543. The van der Waals surface area contributed by atoms with Gasteiger partial charge >= 0.3 is 0 Å². The van der Waals surface area contributed by atoms with Gasteiger partial charge in [-0.1, -0.05) is 12.1 Å². The lowest BCUT2D eigenvalue weighted by molar-refractivity contribution is 0.628. The summed E-state index contributed by atoms with van der Waals surface area (Å²) in [4.78, 5) is 0. The molecule has 3 nitrogen and oxygen atoms in total. The summed E-state index contributed by atoms with van der Waals surface area (Å²) in [7, 11) is 1.87. The normalized spacial score (nSPS) is 14.9. The summed E-state index contributed by atoms with van der Waals surface area (Å²) in [6.07, 6.45) is 2.43. The van der Waals surface area contributed by atoms with E-state index in [2.05, 4.69) is 10.4 Å². The zero-order chi connectivity index (χ0) is 11.8. The predicted molar refractivity (Wildman–Crippen MR) is 65.2 cm³/mol. The van der Waals surface area contributed by atoms with Crippen LogP contribution in [-0.4, -0.2) is 15.8 Å². The van der Waals surface area contributed by atoms with Crippen molar-refractivity contribution in [1.29, 1.82) is 0 Å². The SMILES string of the molecule is Cn1nc(NC2CC2)cc1-c1cccc(F)c1. The fourth-order valence-electron chi connectivity index (χ4n) is 1.89. The Labute approximate surface area is 99.3 Å². The van der Waals surface area contributed by atoms with Gasteiger partial charge in [-0.15, -0.1) is 0 Å². The van der Waals surface area contributed by atoms with Crippen LogP contribution in [-0.2, 0) is 7.05 Å². The van der Waals surface area contributed by atoms with Crippen molar-refractivity contribution < 1.29 is 4.39 Å². The highest BCUT2D eigenvalue weighted by Gasteiger charge is 2.22. The molecule has 1 aliphatic rings. The average molecular weight is 231 g/mol. The minimum Gasteiger partial charge on any atom is -0.366 e. The van der Waals surface area contributed by atoms with E-state index in [0.29, 0.717) is 6.04 Å². The van der Waals surface area contributed by atoms with Gasteiger partial charge < -0.3 is 5.32 Å². The van der Waals surface area contributed by atoms with E-state index in [1.165, 1.54) is 25.0 Å². The van der Waals surface area contributed by atoms with Crippen molar-refractivity contribution in [3.63, 3.8) is 0 Å². The van der Waals surface area contributed by atoms with Gasteiger partial charge in [0.05, 0.1) is 5.69 Å². The number of anilines is 1. The predicted octanol–water partition coefficient (Wildman–Crippen LogP) is 2.80. The third kappa shape index (κ3) is 2.16. The van der Waals surface area contributed by atoms with Crippen molar-refractivity contribution in [2.24, 2.45) is 7.05 Å². The number of aryl methyl sites for hydroxylation is 1. The lowest BCUT2D eigenvalue weighted by Crippen LogP contribution is -2.01. The molecule has 1 aromatic carbocycles. The average Bonchev–Trinajstić information content (AvgIpc) is 3.01. The zero-order valence-electron chi connectivity index (χ0n) is 9.65. The maximum Gasteiger partial charge on any atom is 0.148 e. The molecule has 1 fully saturated rings. The molecule has 1 saturated carbocycles. The van der Waals surface area contributed by atoms with E-state index in [1.54, 1.807) is 10.7 Å². The third-order valence-electron chi connectivity index (χ3n) is 2.93. The molecule has 0 atom stereocenters. The first-order valence-corrected chi connectivity index (χ1v) is 5.79. The first-order chi connectivity index (χ1) is 8.22. The van der Waals surface area contributed by atoms with Gasteiger partial charge in [0.2, 0.25) is 0 Å². The molecule has 3 rings (SSSR count). The van der Waals surface area contributed by atoms with E-state index < -0.39 is 0 Å². The van der Waals surface area contributed by atoms with Gasteiger partial charge in [-0.3, -0.25) is 4.68 Å². The van der Waals surface area contributed by atoms with E-state index in [4.69, 9.17) is 0 Å². The van der Waals surface area contributed by atoms with Crippen molar-refractivity contribution in [1.82, 2.24) is 9.78 Å². The second kappa shape index (κ2) is 3.87. The Hall–Kier alpha value is -1.84. The Morgan fingerprint density at radius 2 is 2.18 bits per heavy atom. The maximum atomic E-state index is 13.2. The van der Waals surface area contributed by atoms with Gasteiger partial charge in [0.25, 0.3) is 0 Å². The van der Waals surface area contributed by atoms with E-state index in [9.17, 15) is 4.39 Å². The standard InChI is InChI=1S/C13H14FN3/c1-17-12(9-3-2-4-10(14)7-9)8-13(16-17)15-11-5-6-11/h2-4,7-8,11H,5-6H2,1H3,(H,15,16). The minimum atomic E-state index is -0.222.